The smallest absolute Gasteiger partial charge is 0.303 e. The molecule has 0 aliphatic heterocycles. The predicted octanol–water partition coefficient (Wildman–Crippen LogP) is 3.31. The van der Waals surface area contributed by atoms with Gasteiger partial charge in [0, 0.05) is 23.0 Å². The van der Waals surface area contributed by atoms with E-state index in [-0.39, 0.29) is 28.8 Å². The van der Waals surface area contributed by atoms with Gasteiger partial charge in [-0.1, -0.05) is 11.6 Å². The van der Waals surface area contributed by atoms with E-state index in [4.69, 9.17) is 4.74 Å². The van der Waals surface area contributed by atoms with Gasteiger partial charge in [-0.3, -0.25) is 14.9 Å². The topological polar surface area (TPSA) is 69.4 Å². The largest absolute Gasteiger partial charge is 0.460 e. The summed E-state index contributed by atoms with van der Waals surface area (Å²) in [5, 5.41) is 11.2. The number of ether oxygens (including phenoxy) is 1. The average Bonchev–Trinajstić information content (AvgIpc) is 2.64. The van der Waals surface area contributed by atoms with Crippen LogP contribution in [-0.2, 0) is 9.53 Å². The van der Waals surface area contributed by atoms with Crippen LogP contribution in [0.15, 0.2) is 11.6 Å². The number of thioether (sulfide) groups is 1. The molecular formula is C16H25NO4S. The number of nitro groups is 1. The van der Waals surface area contributed by atoms with Gasteiger partial charge in [-0.05, 0) is 51.2 Å². The molecule has 0 radical (unpaired) electrons. The van der Waals surface area contributed by atoms with Crippen LogP contribution >= 0.6 is 11.8 Å². The third-order valence-electron chi connectivity index (χ3n) is 4.79. The third kappa shape index (κ3) is 3.65. The van der Waals surface area contributed by atoms with Crippen LogP contribution in [0.2, 0.25) is 0 Å². The van der Waals surface area contributed by atoms with Gasteiger partial charge in [0.2, 0.25) is 6.54 Å². The van der Waals surface area contributed by atoms with Gasteiger partial charge in [0.1, 0.15) is 5.60 Å². The normalized spacial score (nSPS) is 30.3. The van der Waals surface area contributed by atoms with Crippen LogP contribution in [0.4, 0.5) is 0 Å². The first-order valence-electron chi connectivity index (χ1n) is 7.67. The molecule has 2 rings (SSSR count). The summed E-state index contributed by atoms with van der Waals surface area (Å²) in [6.45, 7) is 5.05. The second kappa shape index (κ2) is 6.22. The summed E-state index contributed by atoms with van der Waals surface area (Å²) in [6, 6.07) is 0. The molecule has 0 aromatic carbocycles. The van der Waals surface area contributed by atoms with E-state index in [1.807, 2.05) is 13.8 Å². The number of hydrogen-bond acceptors (Lipinski definition) is 5. The Bertz CT molecular complexity index is 502. The third-order valence-corrected chi connectivity index (χ3v) is 5.45. The number of rotatable bonds is 7. The molecule has 0 amide bonds. The van der Waals surface area contributed by atoms with Gasteiger partial charge in [0.05, 0.1) is 0 Å². The van der Waals surface area contributed by atoms with Gasteiger partial charge >= 0.3 is 5.97 Å². The highest BCUT2D eigenvalue weighted by molar-refractivity contribution is 7.98. The summed E-state index contributed by atoms with van der Waals surface area (Å²) in [4.78, 5) is 22.2. The van der Waals surface area contributed by atoms with Crippen LogP contribution in [0.1, 0.15) is 40.0 Å². The second-order valence-corrected chi connectivity index (χ2v) is 8.20. The van der Waals surface area contributed by atoms with Crippen molar-refractivity contribution < 1.29 is 14.5 Å². The molecule has 0 aromatic rings. The minimum absolute atomic E-state index is 0.0398. The van der Waals surface area contributed by atoms with Crippen LogP contribution in [-0.4, -0.2) is 35.0 Å². The van der Waals surface area contributed by atoms with Gasteiger partial charge in [-0.15, -0.1) is 0 Å². The van der Waals surface area contributed by atoms with Crippen molar-refractivity contribution in [1.29, 1.82) is 0 Å². The molecule has 1 saturated carbocycles. The zero-order chi connectivity index (χ0) is 16.5. The Kier molecular flexibility index (Phi) is 4.90. The SMILES string of the molecule is CSCC1=C[C@H]2[C@@H](C1)C[C@@]2(C[N+](=O)[O-])CC(C)(C)OC(C)=O. The van der Waals surface area contributed by atoms with E-state index >= 15 is 0 Å². The number of allylic oxidation sites excluding steroid dienone is 1. The standard InChI is InChI=1S/C16H25NO4S/c1-11(18)21-15(2,3)9-16(10-17(19)20)7-13-5-12(8-22-4)6-14(13)16/h6,13-14H,5,7-10H2,1-4H3/t13-,14-,16-/m0/s1. The summed E-state index contributed by atoms with van der Waals surface area (Å²) in [6.07, 6.45) is 6.81. The molecule has 1 fully saturated rings. The first-order chi connectivity index (χ1) is 10.2. The van der Waals surface area contributed by atoms with Crippen LogP contribution in [0, 0.1) is 27.4 Å². The minimum atomic E-state index is -0.664. The lowest BCUT2D eigenvalue weighted by Crippen LogP contribution is -2.53. The highest BCUT2D eigenvalue weighted by Crippen LogP contribution is 2.61. The summed E-state index contributed by atoms with van der Waals surface area (Å²) in [7, 11) is 0. The molecule has 0 heterocycles. The van der Waals surface area contributed by atoms with E-state index in [1.54, 1.807) is 11.8 Å². The molecule has 2 aliphatic carbocycles. The van der Waals surface area contributed by atoms with Gasteiger partial charge in [-0.2, -0.15) is 11.8 Å². The maximum atomic E-state index is 11.3. The lowest BCUT2D eigenvalue weighted by Gasteiger charge is -2.52. The van der Waals surface area contributed by atoms with Crippen LogP contribution < -0.4 is 0 Å². The highest BCUT2D eigenvalue weighted by atomic mass is 32.2. The molecule has 3 atom stereocenters. The van der Waals surface area contributed by atoms with E-state index < -0.39 is 5.60 Å². The fourth-order valence-electron chi connectivity index (χ4n) is 4.53. The number of fused-ring (bicyclic) bond motifs is 1. The van der Waals surface area contributed by atoms with E-state index in [0.717, 1.165) is 18.6 Å². The number of esters is 1. The number of carbonyl (C=O) groups is 1. The summed E-state index contributed by atoms with van der Waals surface area (Å²) < 4.78 is 5.39. The number of nitrogens with zero attached hydrogens (tertiary/aromatic N) is 1. The van der Waals surface area contributed by atoms with Crippen molar-refractivity contribution in [3.8, 4) is 0 Å². The predicted molar refractivity (Wildman–Crippen MR) is 87.4 cm³/mol. The van der Waals surface area contributed by atoms with E-state index in [1.165, 1.54) is 12.5 Å². The lowest BCUT2D eigenvalue weighted by molar-refractivity contribution is -0.507. The van der Waals surface area contributed by atoms with E-state index in [9.17, 15) is 14.9 Å². The Morgan fingerprint density at radius 1 is 1.59 bits per heavy atom. The molecule has 6 heteroatoms. The van der Waals surface area contributed by atoms with Crippen LogP contribution in [0.3, 0.4) is 0 Å². The van der Waals surface area contributed by atoms with E-state index in [2.05, 4.69) is 12.3 Å². The number of hydrogen-bond donors (Lipinski definition) is 0. The van der Waals surface area contributed by atoms with Crippen molar-refractivity contribution in [3.63, 3.8) is 0 Å². The summed E-state index contributed by atoms with van der Waals surface area (Å²) in [5.74, 6) is 1.47. The minimum Gasteiger partial charge on any atom is -0.460 e. The molecule has 0 spiro atoms. The molecule has 124 valence electrons. The maximum Gasteiger partial charge on any atom is 0.303 e. The molecule has 0 unspecified atom stereocenters. The Labute approximate surface area is 136 Å². The lowest BCUT2D eigenvalue weighted by atomic mass is 9.52. The Morgan fingerprint density at radius 2 is 2.27 bits per heavy atom. The second-order valence-electron chi connectivity index (χ2n) is 7.34. The first kappa shape index (κ1) is 17.3. The van der Waals surface area contributed by atoms with Crippen molar-refractivity contribution in [3.05, 3.63) is 21.8 Å². The highest BCUT2D eigenvalue weighted by Gasteiger charge is 2.59. The molecule has 0 bridgehead atoms. The zero-order valence-corrected chi connectivity index (χ0v) is 14.6. The first-order valence-corrected chi connectivity index (χ1v) is 9.07. The Hall–Kier alpha value is -1.04. The quantitative estimate of drug-likeness (QED) is 0.310. The average molecular weight is 327 g/mol. The fraction of sp³-hybridized carbons (Fsp3) is 0.812. The monoisotopic (exact) mass is 327 g/mol. The molecule has 0 N–H and O–H groups in total. The fourth-order valence-corrected chi connectivity index (χ4v) is 5.12. The molecular weight excluding hydrogens is 302 g/mol. The van der Waals surface area contributed by atoms with Gasteiger partial charge in [0.25, 0.3) is 0 Å². The van der Waals surface area contributed by atoms with Gasteiger partial charge in [0.15, 0.2) is 0 Å². The Morgan fingerprint density at radius 3 is 2.82 bits per heavy atom. The van der Waals surface area contributed by atoms with Crippen molar-refractivity contribution in [1.82, 2.24) is 0 Å². The van der Waals surface area contributed by atoms with Gasteiger partial charge < -0.3 is 4.74 Å². The van der Waals surface area contributed by atoms with Gasteiger partial charge in [-0.25, -0.2) is 0 Å². The molecule has 0 aromatic heterocycles. The molecule has 5 nitrogen and oxygen atoms in total. The van der Waals surface area contributed by atoms with Crippen LogP contribution in [0.25, 0.3) is 0 Å². The molecule has 2 aliphatic rings. The summed E-state index contributed by atoms with van der Waals surface area (Å²) >= 11 is 1.79. The number of carbonyl (C=O) groups excluding carboxylic acids is 1. The van der Waals surface area contributed by atoms with Crippen molar-refractivity contribution in [2.75, 3.05) is 18.6 Å². The maximum absolute atomic E-state index is 11.3. The summed E-state index contributed by atoms with van der Waals surface area (Å²) in [5.41, 5.74) is 0.383. The zero-order valence-electron chi connectivity index (χ0n) is 13.8. The van der Waals surface area contributed by atoms with Crippen molar-refractivity contribution >= 4 is 17.7 Å². The van der Waals surface area contributed by atoms with Crippen LogP contribution in [0.5, 0.6) is 0 Å². The van der Waals surface area contributed by atoms with E-state index in [0.29, 0.717) is 12.3 Å². The van der Waals surface area contributed by atoms with Crippen molar-refractivity contribution in [2.45, 2.75) is 45.6 Å². The molecule has 0 saturated heterocycles. The Balaban J connectivity index is 2.17. The molecule has 22 heavy (non-hydrogen) atoms. The van der Waals surface area contributed by atoms with Crippen molar-refractivity contribution in [2.24, 2.45) is 17.3 Å².